The highest BCUT2D eigenvalue weighted by Gasteiger charge is 2.45. The molecule has 0 spiro atoms. The SMILES string of the molecule is O=C1CCC(N2C(=O)c3cccc(NC(=O)c4ccccc4F)c3C2=O)C(=O)N1. The molecule has 2 aliphatic heterocycles. The molecule has 1 unspecified atom stereocenters. The van der Waals surface area contributed by atoms with Crippen LogP contribution in [0.15, 0.2) is 42.5 Å². The van der Waals surface area contributed by atoms with Crippen LogP contribution in [-0.2, 0) is 9.59 Å². The van der Waals surface area contributed by atoms with Gasteiger partial charge < -0.3 is 5.32 Å². The summed E-state index contributed by atoms with van der Waals surface area (Å²) in [4.78, 5) is 62.4. The number of benzene rings is 2. The lowest BCUT2D eigenvalue weighted by molar-refractivity contribution is -0.136. The Morgan fingerprint density at radius 1 is 1.03 bits per heavy atom. The van der Waals surface area contributed by atoms with Crippen molar-refractivity contribution >= 4 is 35.2 Å². The number of carbonyl (C=O) groups is 5. The maximum absolute atomic E-state index is 13.9. The minimum Gasteiger partial charge on any atom is -0.321 e. The number of nitrogens with zero attached hydrogens (tertiary/aromatic N) is 1. The first-order chi connectivity index (χ1) is 13.9. The predicted molar refractivity (Wildman–Crippen MR) is 97.5 cm³/mol. The van der Waals surface area contributed by atoms with Gasteiger partial charge in [0.25, 0.3) is 17.7 Å². The van der Waals surface area contributed by atoms with E-state index in [1.165, 1.54) is 36.4 Å². The highest BCUT2D eigenvalue weighted by molar-refractivity contribution is 6.26. The van der Waals surface area contributed by atoms with Crippen molar-refractivity contribution in [1.82, 2.24) is 10.2 Å². The van der Waals surface area contributed by atoms with E-state index in [0.29, 0.717) is 0 Å². The molecule has 0 aliphatic carbocycles. The van der Waals surface area contributed by atoms with Gasteiger partial charge >= 0.3 is 0 Å². The lowest BCUT2D eigenvalue weighted by Gasteiger charge is -2.27. The molecule has 146 valence electrons. The first-order valence-electron chi connectivity index (χ1n) is 8.79. The number of piperidine rings is 1. The van der Waals surface area contributed by atoms with Crippen LogP contribution in [-0.4, -0.2) is 40.5 Å². The maximum atomic E-state index is 13.9. The molecule has 0 radical (unpaired) electrons. The molecule has 2 aromatic rings. The maximum Gasteiger partial charge on any atom is 0.264 e. The van der Waals surface area contributed by atoms with Gasteiger partial charge in [0.2, 0.25) is 11.8 Å². The molecule has 29 heavy (non-hydrogen) atoms. The zero-order chi connectivity index (χ0) is 20.7. The molecular formula is C20H14FN3O5. The first-order valence-corrected chi connectivity index (χ1v) is 8.79. The quantitative estimate of drug-likeness (QED) is 0.765. The molecule has 0 aromatic heterocycles. The lowest BCUT2D eigenvalue weighted by Crippen LogP contribution is -2.54. The second-order valence-electron chi connectivity index (χ2n) is 6.61. The number of imide groups is 2. The summed E-state index contributed by atoms with van der Waals surface area (Å²) in [5.74, 6) is -4.17. The molecule has 0 saturated carbocycles. The summed E-state index contributed by atoms with van der Waals surface area (Å²) in [5.41, 5.74) is -0.245. The molecule has 1 atom stereocenters. The topological polar surface area (TPSA) is 113 Å². The molecule has 9 heteroatoms. The summed E-state index contributed by atoms with van der Waals surface area (Å²) < 4.78 is 13.9. The number of halogens is 1. The van der Waals surface area contributed by atoms with Gasteiger partial charge in [-0.3, -0.25) is 34.2 Å². The van der Waals surface area contributed by atoms with Gasteiger partial charge in [-0.25, -0.2) is 4.39 Å². The van der Waals surface area contributed by atoms with Crippen molar-refractivity contribution < 1.29 is 28.4 Å². The van der Waals surface area contributed by atoms with Crippen LogP contribution in [0.1, 0.15) is 43.9 Å². The van der Waals surface area contributed by atoms with Gasteiger partial charge in [0, 0.05) is 6.42 Å². The van der Waals surface area contributed by atoms with E-state index in [4.69, 9.17) is 0 Å². The minimum absolute atomic E-state index is 0.000684. The fourth-order valence-electron chi connectivity index (χ4n) is 3.45. The van der Waals surface area contributed by atoms with Crippen molar-refractivity contribution in [3.8, 4) is 0 Å². The number of rotatable bonds is 3. The number of nitrogens with one attached hydrogen (secondary N) is 2. The Morgan fingerprint density at radius 3 is 2.52 bits per heavy atom. The Kier molecular flexibility index (Phi) is 4.42. The van der Waals surface area contributed by atoms with Crippen molar-refractivity contribution in [2.75, 3.05) is 5.32 Å². The molecule has 2 aliphatic rings. The van der Waals surface area contributed by atoms with Crippen LogP contribution in [0.4, 0.5) is 10.1 Å². The third-order valence-corrected chi connectivity index (χ3v) is 4.83. The van der Waals surface area contributed by atoms with Crippen LogP contribution in [0, 0.1) is 5.82 Å². The van der Waals surface area contributed by atoms with E-state index in [-0.39, 0.29) is 35.2 Å². The van der Waals surface area contributed by atoms with E-state index in [9.17, 15) is 28.4 Å². The van der Waals surface area contributed by atoms with Crippen molar-refractivity contribution in [3.63, 3.8) is 0 Å². The van der Waals surface area contributed by atoms with E-state index in [2.05, 4.69) is 10.6 Å². The summed E-state index contributed by atoms with van der Waals surface area (Å²) in [6, 6.07) is 8.51. The van der Waals surface area contributed by atoms with Crippen molar-refractivity contribution in [3.05, 3.63) is 65.0 Å². The van der Waals surface area contributed by atoms with Gasteiger partial charge in [-0.1, -0.05) is 18.2 Å². The molecule has 2 heterocycles. The van der Waals surface area contributed by atoms with Gasteiger partial charge in [-0.2, -0.15) is 0 Å². The average molecular weight is 395 g/mol. The molecule has 4 rings (SSSR count). The van der Waals surface area contributed by atoms with Crippen LogP contribution in [0.2, 0.25) is 0 Å². The largest absolute Gasteiger partial charge is 0.321 e. The predicted octanol–water partition coefficient (Wildman–Crippen LogP) is 1.48. The van der Waals surface area contributed by atoms with E-state index in [0.717, 1.165) is 11.0 Å². The van der Waals surface area contributed by atoms with E-state index < -0.39 is 41.4 Å². The van der Waals surface area contributed by atoms with Gasteiger partial charge in [0.15, 0.2) is 0 Å². The summed E-state index contributed by atoms with van der Waals surface area (Å²) in [6.07, 6.45) is 0.0216. The Balaban J connectivity index is 1.66. The van der Waals surface area contributed by atoms with Crippen LogP contribution >= 0.6 is 0 Å². The second-order valence-corrected chi connectivity index (χ2v) is 6.61. The summed E-state index contributed by atoms with van der Waals surface area (Å²) in [7, 11) is 0. The summed E-state index contributed by atoms with van der Waals surface area (Å²) in [5, 5.41) is 4.57. The molecule has 2 N–H and O–H groups in total. The molecule has 1 saturated heterocycles. The third-order valence-electron chi connectivity index (χ3n) is 4.83. The Labute approximate surface area is 163 Å². The van der Waals surface area contributed by atoms with Crippen LogP contribution in [0.25, 0.3) is 0 Å². The monoisotopic (exact) mass is 395 g/mol. The second kappa shape index (κ2) is 6.93. The number of fused-ring (bicyclic) bond motifs is 1. The normalized spacial score (nSPS) is 18.5. The average Bonchev–Trinajstić information content (AvgIpc) is 2.94. The molecule has 2 aromatic carbocycles. The van der Waals surface area contributed by atoms with Crippen molar-refractivity contribution in [2.24, 2.45) is 0 Å². The number of carbonyl (C=O) groups excluding carboxylic acids is 5. The zero-order valence-electron chi connectivity index (χ0n) is 14.9. The van der Waals surface area contributed by atoms with Crippen LogP contribution in [0.5, 0.6) is 0 Å². The Morgan fingerprint density at radius 2 is 1.79 bits per heavy atom. The third kappa shape index (κ3) is 3.06. The Bertz CT molecular complexity index is 1100. The van der Waals surface area contributed by atoms with E-state index >= 15 is 0 Å². The summed E-state index contributed by atoms with van der Waals surface area (Å²) in [6.45, 7) is 0. The molecule has 8 nitrogen and oxygen atoms in total. The van der Waals surface area contributed by atoms with Gasteiger partial charge in [0.1, 0.15) is 11.9 Å². The highest BCUT2D eigenvalue weighted by atomic mass is 19.1. The van der Waals surface area contributed by atoms with Gasteiger partial charge in [-0.05, 0) is 30.7 Å². The molecule has 5 amide bonds. The molecular weight excluding hydrogens is 381 g/mol. The lowest BCUT2D eigenvalue weighted by atomic mass is 10.0. The number of hydrogen-bond donors (Lipinski definition) is 2. The van der Waals surface area contributed by atoms with E-state index in [1.54, 1.807) is 0 Å². The highest BCUT2D eigenvalue weighted by Crippen LogP contribution is 2.32. The smallest absolute Gasteiger partial charge is 0.264 e. The molecule has 0 bridgehead atoms. The number of hydrogen-bond acceptors (Lipinski definition) is 5. The first kappa shape index (κ1) is 18.5. The number of amides is 5. The van der Waals surface area contributed by atoms with Gasteiger partial charge in [0.05, 0.1) is 22.4 Å². The molecule has 1 fully saturated rings. The summed E-state index contributed by atoms with van der Waals surface area (Å²) >= 11 is 0. The van der Waals surface area contributed by atoms with Crippen molar-refractivity contribution in [2.45, 2.75) is 18.9 Å². The minimum atomic E-state index is -1.12. The Hall–Kier alpha value is -3.88. The fourth-order valence-corrected chi connectivity index (χ4v) is 3.45. The number of anilines is 1. The van der Waals surface area contributed by atoms with E-state index in [1.807, 2.05) is 0 Å². The van der Waals surface area contributed by atoms with Crippen molar-refractivity contribution in [1.29, 1.82) is 0 Å². The van der Waals surface area contributed by atoms with Crippen LogP contribution < -0.4 is 10.6 Å². The zero-order valence-corrected chi connectivity index (χ0v) is 14.9. The van der Waals surface area contributed by atoms with Gasteiger partial charge in [-0.15, -0.1) is 0 Å². The standard InChI is InChI=1S/C20H14FN3O5/c21-12-6-2-1-4-10(12)17(26)22-13-7-3-5-11-16(13)20(29)24(19(11)28)14-8-9-15(25)23-18(14)27/h1-7,14H,8-9H2,(H,22,26)(H,23,25,27). The van der Waals surface area contributed by atoms with Crippen LogP contribution in [0.3, 0.4) is 0 Å². The fraction of sp³-hybridized carbons (Fsp3) is 0.150.